The molecular weight excluding hydrogens is 807 g/mol. The first-order chi connectivity index (χ1) is 32.7. The Morgan fingerprint density at radius 2 is 0.682 bits per heavy atom. The molecule has 0 saturated carbocycles. The summed E-state index contributed by atoms with van der Waals surface area (Å²) in [6.07, 6.45) is 88.5. The number of unbranched alkanes of at least 4 members (excludes halogenated alkanes) is 18. The highest BCUT2D eigenvalue weighted by Crippen LogP contribution is 2.13. The van der Waals surface area contributed by atoms with E-state index in [-0.39, 0.29) is 12.5 Å². The van der Waals surface area contributed by atoms with Crippen molar-refractivity contribution in [1.82, 2.24) is 5.32 Å². The van der Waals surface area contributed by atoms with Crippen LogP contribution in [0.4, 0.5) is 0 Å². The number of carbonyl (C=O) groups is 1. The second-order valence-corrected chi connectivity index (χ2v) is 17.5. The Hall–Kier alpha value is -3.73. The molecule has 4 heteroatoms. The average Bonchev–Trinajstić information content (AvgIpc) is 3.32. The monoisotopic (exact) mass is 908 g/mol. The molecule has 372 valence electrons. The van der Waals surface area contributed by atoms with Gasteiger partial charge in [0.25, 0.3) is 0 Å². The van der Waals surface area contributed by atoms with Crippen molar-refractivity contribution in [3.05, 3.63) is 146 Å². The number of amides is 1. The lowest BCUT2D eigenvalue weighted by atomic mass is 10.0. The van der Waals surface area contributed by atoms with Crippen molar-refractivity contribution in [2.75, 3.05) is 6.61 Å². The van der Waals surface area contributed by atoms with Crippen LogP contribution in [0.25, 0.3) is 0 Å². The molecule has 66 heavy (non-hydrogen) atoms. The van der Waals surface area contributed by atoms with E-state index in [2.05, 4.69) is 153 Å². The Morgan fingerprint density at radius 1 is 0.379 bits per heavy atom. The molecule has 3 N–H and O–H groups in total. The molecule has 0 aliphatic heterocycles. The highest BCUT2D eigenvalue weighted by atomic mass is 16.3. The third-order valence-electron chi connectivity index (χ3n) is 11.3. The van der Waals surface area contributed by atoms with E-state index >= 15 is 0 Å². The first-order valence-corrected chi connectivity index (χ1v) is 27.0. The molecule has 1 amide bonds. The Kier molecular flexibility index (Phi) is 52.5. The van der Waals surface area contributed by atoms with Crippen LogP contribution in [0, 0.1) is 0 Å². The molecule has 0 heterocycles. The van der Waals surface area contributed by atoms with Gasteiger partial charge in [-0.3, -0.25) is 4.79 Å². The van der Waals surface area contributed by atoms with Crippen LogP contribution < -0.4 is 5.32 Å². The predicted molar refractivity (Wildman–Crippen MR) is 294 cm³/mol. The molecule has 2 atom stereocenters. The molecule has 0 spiro atoms. The number of hydrogen-bond acceptors (Lipinski definition) is 3. The maximum absolute atomic E-state index is 12.4. The van der Waals surface area contributed by atoms with Gasteiger partial charge in [0.15, 0.2) is 0 Å². The van der Waals surface area contributed by atoms with Crippen LogP contribution in [0.2, 0.25) is 0 Å². The van der Waals surface area contributed by atoms with E-state index in [1.165, 1.54) is 96.3 Å². The largest absolute Gasteiger partial charge is 0.394 e. The highest BCUT2D eigenvalue weighted by Gasteiger charge is 2.17. The zero-order valence-electron chi connectivity index (χ0n) is 42.6. The van der Waals surface area contributed by atoms with Crippen molar-refractivity contribution in [2.24, 2.45) is 0 Å². The van der Waals surface area contributed by atoms with Gasteiger partial charge in [0.1, 0.15) is 0 Å². The van der Waals surface area contributed by atoms with Crippen molar-refractivity contribution in [2.45, 2.75) is 231 Å². The standard InChI is InChI=1S/C62H101NO3/c1-3-5-7-9-11-13-15-17-19-20-21-22-23-24-25-26-27-28-29-30-31-32-33-34-35-36-37-38-39-40-41-42-44-46-48-50-52-54-56-58-62(66)63-60(59-64)61(65)57-55-53-51-49-47-45-43-18-16-14-12-10-8-6-4-2/h5,7,11,13,16-19,21-22,24-25,27-28,30-31,33-34,36-37,47,49,55,57,60-61,64-65H,3-4,6,8-10,12,14-15,20,23,26,29,32,35,38-46,48,50-54,56,58-59H2,1-2H3,(H,63,66)/b7-5-,13-11-,18-16+,19-17-,22-21-,25-24-,28-27-,31-30-,34-33-,37-36-,49-47+,57-55+. The third-order valence-corrected chi connectivity index (χ3v) is 11.3. The molecule has 0 saturated heterocycles. The number of rotatable bonds is 47. The number of aliphatic hydroxyl groups excluding tert-OH is 2. The minimum Gasteiger partial charge on any atom is -0.394 e. The second kappa shape index (κ2) is 55.6. The first kappa shape index (κ1) is 62.3. The Balaban J connectivity index is 3.64. The summed E-state index contributed by atoms with van der Waals surface area (Å²) in [5.74, 6) is -0.0883. The lowest BCUT2D eigenvalue weighted by Gasteiger charge is -2.19. The maximum Gasteiger partial charge on any atom is 0.220 e. The number of carbonyl (C=O) groups excluding carboxylic acids is 1. The van der Waals surface area contributed by atoms with E-state index in [4.69, 9.17) is 0 Å². The Bertz CT molecular complexity index is 1400. The van der Waals surface area contributed by atoms with Crippen molar-refractivity contribution >= 4 is 5.91 Å². The Labute approximate surface area is 408 Å². The summed E-state index contributed by atoms with van der Waals surface area (Å²) in [6, 6.07) is -0.656. The van der Waals surface area contributed by atoms with E-state index in [9.17, 15) is 15.0 Å². The quantitative estimate of drug-likeness (QED) is 0.0421. The van der Waals surface area contributed by atoms with Crippen molar-refractivity contribution in [1.29, 1.82) is 0 Å². The topological polar surface area (TPSA) is 69.6 Å². The number of nitrogens with one attached hydrogen (secondary N) is 1. The van der Waals surface area contributed by atoms with E-state index in [1.807, 2.05) is 6.08 Å². The van der Waals surface area contributed by atoms with E-state index in [0.717, 1.165) is 103 Å². The number of aliphatic hydroxyl groups is 2. The van der Waals surface area contributed by atoms with Gasteiger partial charge in [0.05, 0.1) is 18.8 Å². The molecule has 0 aliphatic carbocycles. The summed E-state index contributed by atoms with van der Waals surface area (Å²) < 4.78 is 0. The van der Waals surface area contributed by atoms with Gasteiger partial charge in [-0.05, 0) is 116 Å². The SMILES string of the molecule is CC/C=C\C/C=C\C/C=C\C/C=C\C/C=C\C/C=C\C/C=C\C/C=C\C/C=C\CCCCCCCCCCCCCC(=O)NC(CO)C(O)/C=C/CC/C=C/CC/C=C/CCCCCCC. The van der Waals surface area contributed by atoms with E-state index < -0.39 is 12.1 Å². The fourth-order valence-electron chi connectivity index (χ4n) is 7.20. The minimum absolute atomic E-state index is 0.0883. The lowest BCUT2D eigenvalue weighted by Crippen LogP contribution is -2.45. The van der Waals surface area contributed by atoms with E-state index in [1.54, 1.807) is 6.08 Å². The second-order valence-electron chi connectivity index (χ2n) is 17.5. The van der Waals surface area contributed by atoms with Gasteiger partial charge in [0.2, 0.25) is 5.91 Å². The smallest absolute Gasteiger partial charge is 0.220 e. The van der Waals surface area contributed by atoms with Crippen molar-refractivity contribution < 1.29 is 15.0 Å². The van der Waals surface area contributed by atoms with Gasteiger partial charge >= 0.3 is 0 Å². The molecule has 2 unspecified atom stereocenters. The van der Waals surface area contributed by atoms with Crippen molar-refractivity contribution in [3.63, 3.8) is 0 Å². The van der Waals surface area contributed by atoms with Crippen LogP contribution in [-0.2, 0) is 4.79 Å². The fraction of sp³-hybridized carbons (Fsp3) is 0.597. The predicted octanol–water partition coefficient (Wildman–Crippen LogP) is 18.0. The normalized spacial score (nSPS) is 14.1. The van der Waals surface area contributed by atoms with Crippen LogP contribution in [0.1, 0.15) is 219 Å². The minimum atomic E-state index is -0.880. The van der Waals surface area contributed by atoms with Crippen LogP contribution in [0.5, 0.6) is 0 Å². The van der Waals surface area contributed by atoms with Crippen LogP contribution in [-0.4, -0.2) is 34.9 Å². The summed E-state index contributed by atoms with van der Waals surface area (Å²) >= 11 is 0. The van der Waals surface area contributed by atoms with Gasteiger partial charge in [-0.25, -0.2) is 0 Å². The molecule has 0 rings (SSSR count). The molecule has 0 bridgehead atoms. The molecule has 0 aliphatic rings. The molecule has 0 aromatic heterocycles. The number of hydrogen-bond donors (Lipinski definition) is 3. The molecule has 0 fully saturated rings. The summed E-state index contributed by atoms with van der Waals surface area (Å²) in [6.45, 7) is 4.15. The molecule has 4 nitrogen and oxygen atoms in total. The van der Waals surface area contributed by atoms with Gasteiger partial charge in [-0.15, -0.1) is 0 Å². The molecular formula is C62H101NO3. The summed E-state index contributed by atoms with van der Waals surface area (Å²) in [5.41, 5.74) is 0. The molecule has 0 aromatic rings. The average molecular weight is 908 g/mol. The lowest BCUT2D eigenvalue weighted by molar-refractivity contribution is -0.123. The van der Waals surface area contributed by atoms with Crippen molar-refractivity contribution in [3.8, 4) is 0 Å². The maximum atomic E-state index is 12.4. The summed E-state index contributed by atoms with van der Waals surface area (Å²) in [5, 5.41) is 23.0. The van der Waals surface area contributed by atoms with Crippen LogP contribution in [0.15, 0.2) is 146 Å². The first-order valence-electron chi connectivity index (χ1n) is 27.0. The van der Waals surface area contributed by atoms with Crippen LogP contribution in [0.3, 0.4) is 0 Å². The van der Waals surface area contributed by atoms with Gasteiger partial charge in [0, 0.05) is 6.42 Å². The van der Waals surface area contributed by atoms with E-state index in [0.29, 0.717) is 6.42 Å². The fourth-order valence-corrected chi connectivity index (χ4v) is 7.20. The van der Waals surface area contributed by atoms with Gasteiger partial charge < -0.3 is 15.5 Å². The summed E-state index contributed by atoms with van der Waals surface area (Å²) in [7, 11) is 0. The molecule has 0 aromatic carbocycles. The Morgan fingerprint density at radius 3 is 1.06 bits per heavy atom. The molecule has 0 radical (unpaired) electrons. The summed E-state index contributed by atoms with van der Waals surface area (Å²) in [4.78, 5) is 12.4. The number of allylic oxidation sites excluding steroid dienone is 23. The highest BCUT2D eigenvalue weighted by molar-refractivity contribution is 5.76. The zero-order valence-corrected chi connectivity index (χ0v) is 42.6. The third kappa shape index (κ3) is 51.3. The van der Waals surface area contributed by atoms with Crippen LogP contribution >= 0.6 is 0 Å². The zero-order chi connectivity index (χ0) is 47.7. The van der Waals surface area contributed by atoms with Gasteiger partial charge in [-0.2, -0.15) is 0 Å². The van der Waals surface area contributed by atoms with Gasteiger partial charge in [-0.1, -0.05) is 243 Å².